The molecule has 0 bridgehead atoms. The number of nitrogens with zero attached hydrogens (tertiary/aromatic N) is 1. The van der Waals surface area contributed by atoms with Crippen molar-refractivity contribution in [2.24, 2.45) is 0 Å². The fourth-order valence-corrected chi connectivity index (χ4v) is 2.56. The Morgan fingerprint density at radius 2 is 2.35 bits per heavy atom. The molecule has 2 rings (SSSR count). The van der Waals surface area contributed by atoms with Crippen LogP contribution < -0.4 is 11.0 Å². The van der Waals surface area contributed by atoms with Gasteiger partial charge in [0, 0.05) is 16.8 Å². The van der Waals surface area contributed by atoms with Crippen LogP contribution in [0.4, 0.5) is 0 Å². The van der Waals surface area contributed by atoms with Crippen LogP contribution in [-0.4, -0.2) is 33.9 Å². The Labute approximate surface area is 124 Å². The summed E-state index contributed by atoms with van der Waals surface area (Å²) in [5, 5.41) is 9.17. The van der Waals surface area contributed by atoms with Gasteiger partial charge in [-0.05, 0) is 24.0 Å². The zero-order valence-electron chi connectivity index (χ0n) is 10.6. The van der Waals surface area contributed by atoms with Crippen LogP contribution in [0.2, 0.25) is 5.02 Å². The van der Waals surface area contributed by atoms with Crippen molar-refractivity contribution in [2.75, 3.05) is 12.8 Å². The largest absolute Gasteiger partial charge is 0.348 e. The van der Waals surface area contributed by atoms with Crippen LogP contribution in [0.15, 0.2) is 29.1 Å². The van der Waals surface area contributed by atoms with Crippen LogP contribution in [-0.2, 0) is 0 Å². The van der Waals surface area contributed by atoms with Gasteiger partial charge < -0.3 is 5.32 Å². The highest BCUT2D eigenvalue weighted by Gasteiger charge is 2.14. The van der Waals surface area contributed by atoms with E-state index in [9.17, 15) is 9.59 Å². The van der Waals surface area contributed by atoms with E-state index in [1.54, 1.807) is 17.8 Å². The van der Waals surface area contributed by atoms with Gasteiger partial charge in [0.05, 0.1) is 0 Å². The summed E-state index contributed by atoms with van der Waals surface area (Å²) in [6.45, 7) is 0.412. The predicted molar refractivity (Wildman–Crippen MR) is 79.2 cm³/mol. The average Bonchev–Trinajstić information content (AvgIpc) is 2.86. The van der Waals surface area contributed by atoms with E-state index in [0.717, 1.165) is 5.56 Å². The Kier molecular flexibility index (Phi) is 4.86. The maximum atomic E-state index is 11.8. The van der Waals surface area contributed by atoms with Gasteiger partial charge in [-0.3, -0.25) is 9.78 Å². The van der Waals surface area contributed by atoms with Gasteiger partial charge in [0.25, 0.3) is 5.91 Å². The fourth-order valence-electron chi connectivity index (χ4n) is 1.69. The van der Waals surface area contributed by atoms with E-state index in [-0.39, 0.29) is 11.1 Å². The molecule has 0 saturated heterocycles. The van der Waals surface area contributed by atoms with Crippen molar-refractivity contribution >= 4 is 29.3 Å². The van der Waals surface area contributed by atoms with Gasteiger partial charge in [0.2, 0.25) is 5.82 Å². The number of carbonyl (C=O) groups excluding carboxylic acids is 1. The van der Waals surface area contributed by atoms with Crippen molar-refractivity contribution in [1.29, 1.82) is 0 Å². The Bertz CT molecular complexity index is 655. The molecule has 1 amide bonds. The molecular weight excluding hydrogens is 300 g/mol. The normalized spacial score (nSPS) is 12.1. The second kappa shape index (κ2) is 6.62. The summed E-state index contributed by atoms with van der Waals surface area (Å²) in [5.41, 5.74) is 0.521. The monoisotopic (exact) mass is 312 g/mol. The summed E-state index contributed by atoms with van der Waals surface area (Å²) in [4.78, 5) is 25.0. The van der Waals surface area contributed by atoms with Crippen molar-refractivity contribution in [1.82, 2.24) is 20.5 Å². The second-order valence-electron chi connectivity index (χ2n) is 4.02. The van der Waals surface area contributed by atoms with E-state index < -0.39 is 11.6 Å². The molecule has 0 spiro atoms. The Morgan fingerprint density at radius 1 is 1.55 bits per heavy atom. The zero-order chi connectivity index (χ0) is 14.5. The van der Waals surface area contributed by atoms with Crippen molar-refractivity contribution < 1.29 is 4.79 Å². The standard InChI is InChI=1S/C12H13ClN4O2S/c1-20-9(7-3-2-4-8(13)5-7)6-14-11(18)10-15-12(19)17-16-10/h2-5,9H,6H2,1H3,(H,14,18)(H2,15,16,17,19)/t9-/m1/s1. The van der Waals surface area contributed by atoms with Crippen molar-refractivity contribution in [3.05, 3.63) is 51.2 Å². The van der Waals surface area contributed by atoms with Crippen LogP contribution in [0.1, 0.15) is 21.4 Å². The lowest BCUT2D eigenvalue weighted by Crippen LogP contribution is -2.28. The van der Waals surface area contributed by atoms with Gasteiger partial charge >= 0.3 is 5.69 Å². The molecule has 20 heavy (non-hydrogen) atoms. The lowest BCUT2D eigenvalue weighted by molar-refractivity contribution is 0.0944. The minimum absolute atomic E-state index is 0.0269. The fraction of sp³-hybridized carbons (Fsp3) is 0.250. The van der Waals surface area contributed by atoms with Crippen molar-refractivity contribution in [3.8, 4) is 0 Å². The first kappa shape index (κ1) is 14.7. The molecule has 0 aliphatic carbocycles. The van der Waals surface area contributed by atoms with Crippen LogP contribution >= 0.6 is 23.4 Å². The zero-order valence-corrected chi connectivity index (χ0v) is 12.2. The molecule has 0 aliphatic rings. The molecule has 0 fully saturated rings. The minimum Gasteiger partial charge on any atom is -0.348 e. The SMILES string of the molecule is CS[C@H](CNC(=O)c1n[nH]c(=O)[nH]1)c1cccc(Cl)c1. The quantitative estimate of drug-likeness (QED) is 0.782. The number of carbonyl (C=O) groups is 1. The molecular formula is C12H13ClN4O2S. The van der Waals surface area contributed by atoms with Crippen LogP contribution in [0, 0.1) is 0 Å². The predicted octanol–water partition coefficient (Wildman–Crippen LogP) is 1.59. The smallest absolute Gasteiger partial charge is 0.341 e. The van der Waals surface area contributed by atoms with E-state index in [2.05, 4.69) is 20.5 Å². The van der Waals surface area contributed by atoms with E-state index in [1.807, 2.05) is 24.5 Å². The molecule has 1 atom stereocenters. The Morgan fingerprint density at radius 3 is 2.95 bits per heavy atom. The highest BCUT2D eigenvalue weighted by molar-refractivity contribution is 7.98. The molecule has 106 valence electrons. The van der Waals surface area contributed by atoms with E-state index in [1.165, 1.54) is 0 Å². The third-order valence-electron chi connectivity index (χ3n) is 2.67. The molecule has 3 N–H and O–H groups in total. The molecule has 8 heteroatoms. The summed E-state index contributed by atoms with van der Waals surface area (Å²) in [5.74, 6) is -0.453. The third kappa shape index (κ3) is 3.64. The number of hydrogen-bond donors (Lipinski definition) is 3. The number of aromatic nitrogens is 3. The summed E-state index contributed by atoms with van der Waals surface area (Å²) >= 11 is 7.56. The van der Waals surface area contributed by atoms with Gasteiger partial charge in [0.1, 0.15) is 0 Å². The number of halogens is 1. The lowest BCUT2D eigenvalue weighted by atomic mass is 10.1. The molecule has 0 aliphatic heterocycles. The van der Waals surface area contributed by atoms with Gasteiger partial charge in [0.15, 0.2) is 0 Å². The molecule has 2 aromatic rings. The van der Waals surface area contributed by atoms with Crippen LogP contribution in [0.3, 0.4) is 0 Å². The molecule has 0 radical (unpaired) electrons. The number of rotatable bonds is 5. The van der Waals surface area contributed by atoms with Crippen molar-refractivity contribution in [2.45, 2.75) is 5.25 Å². The number of thioether (sulfide) groups is 1. The van der Waals surface area contributed by atoms with Crippen LogP contribution in [0.25, 0.3) is 0 Å². The van der Waals surface area contributed by atoms with Gasteiger partial charge in [-0.25, -0.2) is 9.89 Å². The number of benzene rings is 1. The van der Waals surface area contributed by atoms with E-state index >= 15 is 0 Å². The lowest BCUT2D eigenvalue weighted by Gasteiger charge is -2.15. The average molecular weight is 313 g/mol. The maximum absolute atomic E-state index is 11.8. The van der Waals surface area contributed by atoms with Gasteiger partial charge in [-0.15, -0.1) is 5.10 Å². The van der Waals surface area contributed by atoms with Crippen molar-refractivity contribution in [3.63, 3.8) is 0 Å². The summed E-state index contributed by atoms with van der Waals surface area (Å²) in [6, 6.07) is 7.49. The molecule has 1 heterocycles. The molecule has 1 aromatic heterocycles. The second-order valence-corrected chi connectivity index (χ2v) is 5.49. The topological polar surface area (TPSA) is 90.6 Å². The summed E-state index contributed by atoms with van der Waals surface area (Å²) < 4.78 is 0. The first-order chi connectivity index (χ1) is 9.60. The Balaban J connectivity index is 2.01. The summed E-state index contributed by atoms with van der Waals surface area (Å²) in [6.07, 6.45) is 1.95. The number of aromatic amines is 2. The number of amides is 1. The minimum atomic E-state index is -0.508. The maximum Gasteiger partial charge on any atom is 0.341 e. The highest BCUT2D eigenvalue weighted by atomic mass is 35.5. The number of hydrogen-bond acceptors (Lipinski definition) is 4. The molecule has 6 nitrogen and oxygen atoms in total. The third-order valence-corrected chi connectivity index (χ3v) is 3.91. The van der Waals surface area contributed by atoms with E-state index in [0.29, 0.717) is 11.6 Å². The molecule has 1 aromatic carbocycles. The van der Waals surface area contributed by atoms with Gasteiger partial charge in [-0.1, -0.05) is 23.7 Å². The number of nitrogens with one attached hydrogen (secondary N) is 3. The Hall–Kier alpha value is -1.73. The first-order valence-electron chi connectivity index (χ1n) is 5.81. The molecule has 0 unspecified atom stereocenters. The summed E-state index contributed by atoms with van der Waals surface area (Å²) in [7, 11) is 0. The number of H-pyrrole nitrogens is 2. The van der Waals surface area contributed by atoms with E-state index in [4.69, 9.17) is 11.6 Å². The van der Waals surface area contributed by atoms with Gasteiger partial charge in [-0.2, -0.15) is 11.8 Å². The highest BCUT2D eigenvalue weighted by Crippen LogP contribution is 2.27. The molecule has 0 saturated carbocycles. The van der Waals surface area contributed by atoms with Crippen LogP contribution in [0.5, 0.6) is 0 Å². The first-order valence-corrected chi connectivity index (χ1v) is 7.48.